The second-order valence-electron chi connectivity index (χ2n) is 8.99. The fraction of sp³-hybridized carbons (Fsp3) is 0.259. The summed E-state index contributed by atoms with van der Waals surface area (Å²) < 4.78 is 165. The summed E-state index contributed by atoms with van der Waals surface area (Å²) in [5.41, 5.74) is -1.36. The standard InChI is InChI=1S/C12H10F7NO.C8H8F3N.C7H3F3O.S5/c1-11(16,17)12(18,19)10(21)20(2)5-6-3-7(13)4-8(14)9(6)15;1-12-4-5-2-6(9)3-7(10)8(5)11;8-5-1-4(3-11)7(10)6(9)2-5;1-3-5-4-2/h3-4H,5H2,1-2H3;2-3,12H,4H2,1H3;1-3H;. The van der Waals surface area contributed by atoms with Crippen molar-refractivity contribution in [1.82, 2.24) is 10.2 Å². The first-order valence-electron chi connectivity index (χ1n) is 12.4. The maximum absolute atomic E-state index is 13.3. The van der Waals surface area contributed by atoms with Crippen LogP contribution >= 0.6 is 0 Å². The Morgan fingerprint density at radius 1 is 0.755 bits per heavy atom. The summed E-state index contributed by atoms with van der Waals surface area (Å²) in [7, 11) is 6.20. The van der Waals surface area contributed by atoms with Gasteiger partial charge in [-0.05, 0) is 25.2 Å². The van der Waals surface area contributed by atoms with Gasteiger partial charge in [-0.3, -0.25) is 9.59 Å². The molecule has 0 fully saturated rings. The fourth-order valence-corrected chi connectivity index (χ4v) is 5.82. The molecule has 4 nitrogen and oxygen atoms in total. The third-order valence-corrected chi connectivity index (χ3v) is 9.73. The van der Waals surface area contributed by atoms with Gasteiger partial charge in [0, 0.05) is 105 Å². The monoisotopic (exact) mass is 812 g/mol. The van der Waals surface area contributed by atoms with Crippen molar-refractivity contribution in [2.45, 2.75) is 31.9 Å². The quantitative estimate of drug-likeness (QED) is 0.157. The number of nitrogens with zero attached hydrogens (tertiary/aromatic N) is 1. The molecule has 0 bridgehead atoms. The van der Waals surface area contributed by atoms with Crippen molar-refractivity contribution in [3.05, 3.63) is 105 Å². The Kier molecular flexibility index (Phi) is 19.9. The number of alkyl halides is 4. The molecule has 0 heterocycles. The number of aldehydes is 1. The maximum Gasteiger partial charge on any atom is 0.386 e. The van der Waals surface area contributed by atoms with Gasteiger partial charge in [-0.2, -0.15) is 17.6 Å². The molecule has 3 aromatic rings. The molecule has 22 heteroatoms. The van der Waals surface area contributed by atoms with Crippen LogP contribution in [-0.4, -0.2) is 43.0 Å². The second-order valence-corrected chi connectivity index (χ2v) is 14.3. The first kappa shape index (κ1) is 46.0. The SMILES string of the molecule is CN(Cc1cc(F)cc(F)c1F)C(=O)C(F)(F)C(C)(F)F.CNCc1cc(F)cc(F)c1F.O=Cc1cc(F)cc(F)c1F.S=S=S=S=S. The number of rotatable bonds is 7. The normalized spacial score (nSPS) is 10.6. The van der Waals surface area contributed by atoms with E-state index >= 15 is 0 Å². The largest absolute Gasteiger partial charge is 0.386 e. The molecule has 0 saturated carbocycles. The summed E-state index contributed by atoms with van der Waals surface area (Å²) in [6, 6.07) is 3.19. The highest BCUT2D eigenvalue weighted by atomic mass is 33.3. The average molecular weight is 813 g/mol. The number of nitrogens with one attached hydrogen (secondary N) is 1. The third kappa shape index (κ3) is 14.8. The first-order valence-corrected chi connectivity index (χ1v) is 17.7. The Morgan fingerprint density at radius 3 is 1.55 bits per heavy atom. The molecule has 0 saturated heterocycles. The van der Waals surface area contributed by atoms with Crippen molar-refractivity contribution in [2.75, 3.05) is 14.1 Å². The van der Waals surface area contributed by atoms with E-state index in [1.165, 1.54) is 26.6 Å². The Balaban J connectivity index is 0.000000698. The molecule has 0 aliphatic rings. The van der Waals surface area contributed by atoms with E-state index in [2.05, 4.69) is 27.7 Å². The Morgan fingerprint density at radius 2 is 1.16 bits per heavy atom. The van der Waals surface area contributed by atoms with Gasteiger partial charge in [0.25, 0.3) is 5.91 Å². The Bertz CT molecular complexity index is 1730. The zero-order valence-electron chi connectivity index (χ0n) is 24.7. The molecule has 1 N–H and O–H groups in total. The van der Waals surface area contributed by atoms with Crippen LogP contribution in [0.25, 0.3) is 0 Å². The van der Waals surface area contributed by atoms with Gasteiger partial charge in [0.1, 0.15) is 17.5 Å². The highest BCUT2D eigenvalue weighted by molar-refractivity contribution is 8.59. The minimum Gasteiger partial charge on any atom is -0.336 e. The number of amides is 1. The number of benzene rings is 3. The van der Waals surface area contributed by atoms with Crippen molar-refractivity contribution < 1.29 is 66.7 Å². The van der Waals surface area contributed by atoms with Crippen LogP contribution in [0.15, 0.2) is 36.4 Å². The van der Waals surface area contributed by atoms with Crippen LogP contribution in [0.2, 0.25) is 0 Å². The van der Waals surface area contributed by atoms with E-state index in [1.54, 1.807) is 7.05 Å². The molecule has 0 aliphatic carbocycles. The number of carbonyl (C=O) groups is 2. The predicted octanol–water partition coefficient (Wildman–Crippen LogP) is 7.08. The highest BCUT2D eigenvalue weighted by Gasteiger charge is 2.59. The van der Waals surface area contributed by atoms with Gasteiger partial charge in [0.15, 0.2) is 41.2 Å². The molecule has 1 amide bonds. The zero-order valence-corrected chi connectivity index (χ0v) is 28.8. The fourth-order valence-electron chi connectivity index (χ4n) is 3.08. The van der Waals surface area contributed by atoms with Crippen LogP contribution in [0.1, 0.15) is 28.4 Å². The van der Waals surface area contributed by atoms with Crippen LogP contribution in [0.3, 0.4) is 0 Å². The predicted molar refractivity (Wildman–Crippen MR) is 166 cm³/mol. The minimum atomic E-state index is -5.02. The van der Waals surface area contributed by atoms with E-state index < -0.39 is 87.8 Å². The van der Waals surface area contributed by atoms with Gasteiger partial charge in [0.05, 0.1) is 5.56 Å². The Labute approximate surface area is 288 Å². The van der Waals surface area contributed by atoms with Crippen LogP contribution in [0.5, 0.6) is 0 Å². The van der Waals surface area contributed by atoms with E-state index in [0.717, 1.165) is 6.07 Å². The molecular weight excluding hydrogens is 792 g/mol. The van der Waals surface area contributed by atoms with Crippen LogP contribution < -0.4 is 5.32 Å². The zero-order chi connectivity index (χ0) is 38.3. The van der Waals surface area contributed by atoms with E-state index in [-0.39, 0.29) is 36.3 Å². The van der Waals surface area contributed by atoms with E-state index in [9.17, 15) is 66.7 Å². The third-order valence-electron chi connectivity index (χ3n) is 5.28. The van der Waals surface area contributed by atoms with E-state index in [1.807, 2.05) is 0 Å². The lowest BCUT2D eigenvalue weighted by Crippen LogP contribution is -2.51. The van der Waals surface area contributed by atoms with Crippen LogP contribution in [0, 0.1) is 52.4 Å². The number of hydrogen-bond acceptors (Lipinski definition) is 5. The molecule has 49 heavy (non-hydrogen) atoms. The van der Waals surface area contributed by atoms with Crippen LogP contribution in [0.4, 0.5) is 57.1 Å². The summed E-state index contributed by atoms with van der Waals surface area (Å²) >= 11 is 8.89. The Hall–Kier alpha value is -3.05. The second kappa shape index (κ2) is 21.2. The molecule has 0 atom stereocenters. The summed E-state index contributed by atoms with van der Waals surface area (Å²) in [6.45, 7) is -1.04. The van der Waals surface area contributed by atoms with Gasteiger partial charge in [-0.15, -0.1) is 0 Å². The highest BCUT2D eigenvalue weighted by Crippen LogP contribution is 2.35. The summed E-state index contributed by atoms with van der Waals surface area (Å²) in [5, 5.41) is 2.61. The molecule has 3 aromatic carbocycles. The van der Waals surface area contributed by atoms with Gasteiger partial charge >= 0.3 is 11.8 Å². The van der Waals surface area contributed by atoms with Gasteiger partial charge in [-0.25, -0.2) is 39.5 Å². The summed E-state index contributed by atoms with van der Waals surface area (Å²) in [5.74, 6) is -22.8. The topological polar surface area (TPSA) is 49.4 Å². The van der Waals surface area contributed by atoms with E-state index in [4.69, 9.17) is 0 Å². The molecule has 0 spiro atoms. The summed E-state index contributed by atoms with van der Waals surface area (Å²) in [6.07, 6.45) is 0.0570. The molecule has 0 unspecified atom stereocenters. The lowest BCUT2D eigenvalue weighted by Gasteiger charge is -2.27. The lowest BCUT2D eigenvalue weighted by atomic mass is 10.1. The average Bonchev–Trinajstić information content (AvgIpc) is 3.00. The van der Waals surface area contributed by atoms with Gasteiger partial charge in [0.2, 0.25) is 0 Å². The van der Waals surface area contributed by atoms with Crippen molar-refractivity contribution in [1.29, 1.82) is 0 Å². The van der Waals surface area contributed by atoms with Crippen molar-refractivity contribution in [3.63, 3.8) is 0 Å². The molecule has 0 aliphatic heterocycles. The number of hydrogen-bond donors (Lipinski definition) is 1. The molecular formula is C27H21F13N2O2S5. The smallest absolute Gasteiger partial charge is 0.336 e. The first-order chi connectivity index (χ1) is 22.6. The molecule has 0 radical (unpaired) electrons. The van der Waals surface area contributed by atoms with Gasteiger partial charge < -0.3 is 10.2 Å². The number of carbonyl (C=O) groups excluding carboxylic acids is 2. The molecule has 0 aromatic heterocycles. The molecule has 3 rings (SSSR count). The maximum atomic E-state index is 13.3. The van der Waals surface area contributed by atoms with Crippen LogP contribution in [-0.2, 0) is 66.9 Å². The number of halogens is 13. The lowest BCUT2D eigenvalue weighted by molar-refractivity contribution is -0.210. The van der Waals surface area contributed by atoms with Crippen molar-refractivity contribution in [3.8, 4) is 0 Å². The van der Waals surface area contributed by atoms with Gasteiger partial charge in [-0.1, -0.05) is 0 Å². The summed E-state index contributed by atoms with van der Waals surface area (Å²) in [4.78, 5) is 21.3. The van der Waals surface area contributed by atoms with Crippen molar-refractivity contribution in [2.24, 2.45) is 0 Å². The minimum absolute atomic E-state index is 0.00463. The molecule has 272 valence electrons. The van der Waals surface area contributed by atoms with E-state index in [0.29, 0.717) is 31.3 Å². The van der Waals surface area contributed by atoms with Crippen molar-refractivity contribution >= 4 is 61.2 Å².